The summed E-state index contributed by atoms with van der Waals surface area (Å²) in [6.45, 7) is 6.95. The molecule has 2 amide bonds. The molecular formula is C34H38N4O6. The summed E-state index contributed by atoms with van der Waals surface area (Å²) >= 11 is 0. The number of Topliss-reactive ketones (excluding diaryl/α,β-unsaturated/α-hetero) is 1. The molecule has 0 spiro atoms. The number of ketones is 2. The maximum atomic E-state index is 14.7. The second kappa shape index (κ2) is 14.1. The molecule has 1 N–H and O–H groups in total. The van der Waals surface area contributed by atoms with Gasteiger partial charge in [-0.3, -0.25) is 29.1 Å². The Morgan fingerprint density at radius 2 is 1.86 bits per heavy atom. The molecule has 230 valence electrons. The lowest BCUT2D eigenvalue weighted by molar-refractivity contribution is -0.131. The number of hydrogen-bond donors (Lipinski definition) is 1. The van der Waals surface area contributed by atoms with E-state index in [1.54, 1.807) is 51.1 Å². The van der Waals surface area contributed by atoms with Crippen LogP contribution in [0, 0.1) is 0 Å². The molecule has 4 rings (SSSR count). The van der Waals surface area contributed by atoms with E-state index in [1.807, 2.05) is 31.2 Å². The highest BCUT2D eigenvalue weighted by atomic mass is 16.6. The molecule has 2 aliphatic rings. The molecule has 2 aromatic rings. The van der Waals surface area contributed by atoms with E-state index in [0.717, 1.165) is 6.42 Å². The van der Waals surface area contributed by atoms with Crippen molar-refractivity contribution in [2.75, 3.05) is 16.8 Å². The zero-order chi connectivity index (χ0) is 31.9. The van der Waals surface area contributed by atoms with E-state index in [9.17, 15) is 24.0 Å². The monoisotopic (exact) mass is 598 g/mol. The number of para-hydroxylation sites is 1. The number of rotatable bonds is 10. The number of amides is 2. The van der Waals surface area contributed by atoms with E-state index >= 15 is 0 Å². The molecule has 10 heteroatoms. The molecular weight excluding hydrogens is 560 g/mol. The number of benzene rings is 1. The van der Waals surface area contributed by atoms with Crippen molar-refractivity contribution in [3.05, 3.63) is 101 Å². The maximum Gasteiger partial charge on any atom is 0.412 e. The van der Waals surface area contributed by atoms with E-state index < -0.39 is 40.8 Å². The third-order valence-electron chi connectivity index (χ3n) is 7.12. The van der Waals surface area contributed by atoms with E-state index in [2.05, 4.69) is 10.3 Å². The molecule has 1 aromatic heterocycles. The number of aromatic nitrogens is 2. The summed E-state index contributed by atoms with van der Waals surface area (Å²) in [4.78, 5) is 72.5. The summed E-state index contributed by atoms with van der Waals surface area (Å²) in [6.07, 6.45) is 14.5. The highest BCUT2D eigenvalue weighted by Crippen LogP contribution is 2.30. The molecule has 0 radical (unpaired) electrons. The van der Waals surface area contributed by atoms with Crippen LogP contribution in [0.1, 0.15) is 71.2 Å². The van der Waals surface area contributed by atoms with Gasteiger partial charge < -0.3 is 9.64 Å². The molecule has 0 aliphatic heterocycles. The minimum Gasteiger partial charge on any atom is -0.444 e. The molecule has 44 heavy (non-hydrogen) atoms. The summed E-state index contributed by atoms with van der Waals surface area (Å²) in [7, 11) is 0. The van der Waals surface area contributed by atoms with Crippen LogP contribution in [0.25, 0.3) is 0 Å². The Hall–Kier alpha value is -4.86. The number of nitrogens with zero attached hydrogens (tertiary/aromatic N) is 3. The van der Waals surface area contributed by atoms with Gasteiger partial charge in [0.25, 0.3) is 11.5 Å². The van der Waals surface area contributed by atoms with Gasteiger partial charge in [-0.15, -0.1) is 0 Å². The van der Waals surface area contributed by atoms with Crippen molar-refractivity contribution in [3.8, 4) is 0 Å². The molecule has 1 aromatic carbocycles. The third kappa shape index (κ3) is 7.75. The number of carbonyl (C=O) groups excluding carboxylic acids is 4. The van der Waals surface area contributed by atoms with Crippen molar-refractivity contribution >= 4 is 34.9 Å². The summed E-state index contributed by atoms with van der Waals surface area (Å²) in [5.74, 6) is -1.72. The van der Waals surface area contributed by atoms with Gasteiger partial charge in [-0.1, -0.05) is 74.4 Å². The molecule has 2 aliphatic carbocycles. The first kappa shape index (κ1) is 32.1. The van der Waals surface area contributed by atoms with E-state index in [1.165, 1.54) is 33.9 Å². The van der Waals surface area contributed by atoms with E-state index in [4.69, 9.17) is 4.74 Å². The first-order valence-corrected chi connectivity index (χ1v) is 14.8. The number of ether oxygens (including phenoxy) is 1. The smallest absolute Gasteiger partial charge is 0.412 e. The van der Waals surface area contributed by atoms with Crippen LogP contribution >= 0.6 is 0 Å². The average Bonchev–Trinajstić information content (AvgIpc) is 2.99. The van der Waals surface area contributed by atoms with Gasteiger partial charge in [-0.25, -0.2) is 9.78 Å². The highest BCUT2D eigenvalue weighted by molar-refractivity contribution is 6.48. The predicted octanol–water partition coefficient (Wildman–Crippen LogP) is 5.59. The molecule has 10 nitrogen and oxygen atoms in total. The molecule has 0 saturated heterocycles. The van der Waals surface area contributed by atoms with Gasteiger partial charge in [-0.2, -0.15) is 0 Å². The Morgan fingerprint density at radius 1 is 1.11 bits per heavy atom. The van der Waals surface area contributed by atoms with Crippen molar-refractivity contribution in [1.29, 1.82) is 0 Å². The molecule has 0 bridgehead atoms. The van der Waals surface area contributed by atoms with Gasteiger partial charge in [0.15, 0.2) is 0 Å². The standard InChI is InChI=1S/C34H38N4O6/c1-5-6-19-27(32(42)37(25-17-11-8-12-18-25)22-24-16-13-20-28(39)29(24)40)38-30(23-14-9-7-10-15-23)35-21-26(31(38)41)36-33(43)44-34(2,3)4/h7-14,16-18,20-21,23,27H,5-6,15,19,22H2,1-4H3,(H,36,43). The summed E-state index contributed by atoms with van der Waals surface area (Å²) in [5.41, 5.74) is -0.860. The first-order chi connectivity index (χ1) is 21.0. The Kier molecular flexibility index (Phi) is 10.3. The molecule has 0 saturated carbocycles. The minimum atomic E-state index is -1.03. The van der Waals surface area contributed by atoms with Crippen molar-refractivity contribution in [2.45, 2.75) is 70.9 Å². The lowest BCUT2D eigenvalue weighted by Gasteiger charge is -2.31. The summed E-state index contributed by atoms with van der Waals surface area (Å²) in [6, 6.07) is 7.77. The highest BCUT2D eigenvalue weighted by Gasteiger charge is 2.34. The van der Waals surface area contributed by atoms with Crippen molar-refractivity contribution < 1.29 is 23.9 Å². The van der Waals surface area contributed by atoms with Crippen LogP contribution in [0.4, 0.5) is 16.2 Å². The summed E-state index contributed by atoms with van der Waals surface area (Å²) in [5, 5.41) is 2.51. The molecule has 0 fully saturated rings. The predicted molar refractivity (Wildman–Crippen MR) is 169 cm³/mol. The van der Waals surface area contributed by atoms with Crippen LogP contribution in [0.5, 0.6) is 0 Å². The Morgan fingerprint density at radius 3 is 2.52 bits per heavy atom. The van der Waals surface area contributed by atoms with Crippen molar-refractivity contribution in [1.82, 2.24) is 9.55 Å². The quantitative estimate of drug-likeness (QED) is 0.279. The van der Waals surface area contributed by atoms with Crippen LogP contribution in [0.2, 0.25) is 0 Å². The Labute approximate surface area is 256 Å². The second-order valence-electron chi connectivity index (χ2n) is 11.6. The fourth-order valence-electron chi connectivity index (χ4n) is 5.03. The second-order valence-corrected chi connectivity index (χ2v) is 11.6. The topological polar surface area (TPSA) is 128 Å². The SMILES string of the molecule is CCCCC(C(=O)N(CC1=CC=CC(=O)C1=O)c1ccccc1)n1c(C2C=CC=CC2)ncc(NC(=O)OC(C)(C)C)c1=O. The largest absolute Gasteiger partial charge is 0.444 e. The summed E-state index contributed by atoms with van der Waals surface area (Å²) < 4.78 is 6.73. The molecule has 2 atom stereocenters. The Balaban J connectivity index is 1.85. The number of allylic oxidation sites excluding steroid dienone is 7. The van der Waals surface area contributed by atoms with Gasteiger partial charge >= 0.3 is 6.09 Å². The van der Waals surface area contributed by atoms with E-state index in [0.29, 0.717) is 30.8 Å². The Bertz CT molecular complexity index is 1590. The van der Waals surface area contributed by atoms with Crippen LogP contribution in [-0.2, 0) is 19.1 Å². The van der Waals surface area contributed by atoms with Gasteiger partial charge in [0.1, 0.15) is 23.2 Å². The van der Waals surface area contributed by atoms with Gasteiger partial charge in [0.05, 0.1) is 12.7 Å². The van der Waals surface area contributed by atoms with Crippen LogP contribution in [-0.4, -0.2) is 45.3 Å². The minimum absolute atomic E-state index is 0.125. The van der Waals surface area contributed by atoms with Crippen LogP contribution < -0.4 is 15.8 Å². The molecule has 2 unspecified atom stereocenters. The van der Waals surface area contributed by atoms with Crippen LogP contribution in [0.15, 0.2) is 89.4 Å². The van der Waals surface area contributed by atoms with Gasteiger partial charge in [-0.05, 0) is 51.8 Å². The van der Waals surface area contributed by atoms with Gasteiger partial charge in [0, 0.05) is 17.2 Å². The van der Waals surface area contributed by atoms with Crippen LogP contribution in [0.3, 0.4) is 0 Å². The first-order valence-electron chi connectivity index (χ1n) is 14.8. The third-order valence-corrected chi connectivity index (χ3v) is 7.12. The number of hydrogen-bond acceptors (Lipinski definition) is 7. The lowest BCUT2D eigenvalue weighted by Crippen LogP contribution is -2.44. The van der Waals surface area contributed by atoms with E-state index in [-0.39, 0.29) is 23.7 Å². The maximum absolute atomic E-state index is 14.7. The lowest BCUT2D eigenvalue weighted by atomic mass is 9.97. The average molecular weight is 599 g/mol. The fourth-order valence-corrected chi connectivity index (χ4v) is 5.03. The number of anilines is 2. The fraction of sp³-hybridized carbons (Fsp3) is 0.353. The number of carbonyl (C=O) groups is 4. The molecule has 1 heterocycles. The van der Waals surface area contributed by atoms with Crippen molar-refractivity contribution in [2.24, 2.45) is 0 Å². The van der Waals surface area contributed by atoms with Crippen molar-refractivity contribution in [3.63, 3.8) is 0 Å². The zero-order valence-electron chi connectivity index (χ0n) is 25.5. The number of nitrogens with one attached hydrogen (secondary N) is 1. The normalized spacial score (nSPS) is 16.8. The van der Waals surface area contributed by atoms with Gasteiger partial charge in [0.2, 0.25) is 11.6 Å². The number of unbranched alkanes of at least 4 members (excludes halogenated alkanes) is 1. The zero-order valence-corrected chi connectivity index (χ0v) is 25.5.